The fourth-order valence-electron chi connectivity index (χ4n) is 4.60. The normalized spacial score (nSPS) is 14.9. The van der Waals surface area contributed by atoms with Crippen molar-refractivity contribution < 1.29 is 23.6 Å². The van der Waals surface area contributed by atoms with Gasteiger partial charge in [0.2, 0.25) is 0 Å². The van der Waals surface area contributed by atoms with Crippen LogP contribution in [0.3, 0.4) is 0 Å². The first-order chi connectivity index (χ1) is 19.7. The summed E-state index contributed by atoms with van der Waals surface area (Å²) < 4.78 is 18.5. The first-order valence-corrected chi connectivity index (χ1v) is 14.6. The van der Waals surface area contributed by atoms with Crippen LogP contribution in [-0.4, -0.2) is 35.4 Å². The van der Waals surface area contributed by atoms with E-state index in [0.717, 1.165) is 10.5 Å². The topological polar surface area (TPSA) is 126 Å². The lowest BCUT2D eigenvalue weighted by molar-refractivity contribution is -0.384. The number of ether oxygens (including phenoxy) is 2. The van der Waals surface area contributed by atoms with Gasteiger partial charge < -0.3 is 13.9 Å². The number of hydrogen-bond acceptors (Lipinski definition) is 10. The third kappa shape index (κ3) is 5.35. The summed E-state index contributed by atoms with van der Waals surface area (Å²) in [4.78, 5) is 43.8. The lowest BCUT2D eigenvalue weighted by Crippen LogP contribution is -2.39. The summed E-state index contributed by atoms with van der Waals surface area (Å²) in [6.45, 7) is 3.65. The fraction of sp³-hybridized carbons (Fsp3) is 0.207. The van der Waals surface area contributed by atoms with E-state index in [2.05, 4.69) is 4.99 Å². The van der Waals surface area contributed by atoms with Crippen LogP contribution in [0.4, 0.5) is 5.69 Å². The Hall–Kier alpha value is -4.42. The lowest BCUT2D eigenvalue weighted by atomic mass is 9.96. The Labute approximate surface area is 242 Å². The quantitative estimate of drug-likeness (QED) is 0.125. The molecule has 1 aliphatic rings. The van der Waals surface area contributed by atoms with Crippen molar-refractivity contribution in [2.24, 2.45) is 4.99 Å². The van der Waals surface area contributed by atoms with Gasteiger partial charge in [-0.25, -0.2) is 9.79 Å². The smallest absolute Gasteiger partial charge is 0.338 e. The number of benzene rings is 2. The summed E-state index contributed by atoms with van der Waals surface area (Å²) in [5.41, 5.74) is 1.50. The van der Waals surface area contributed by atoms with Gasteiger partial charge in [0.05, 0.1) is 46.0 Å². The summed E-state index contributed by atoms with van der Waals surface area (Å²) in [5.74, 6) is 0.590. The van der Waals surface area contributed by atoms with Crippen LogP contribution in [0.1, 0.15) is 31.2 Å². The molecule has 0 spiro atoms. The van der Waals surface area contributed by atoms with Gasteiger partial charge in [0, 0.05) is 23.1 Å². The minimum atomic E-state index is -0.718. The standard InChI is InChI=1S/C29H25N3O7S2/c1-5-38-28(34)25-16(2)30-29-31(26(25)17-6-10-20(40-4)11-7-17)27(33)24(41-29)15-19-9-13-23(39-19)21-14-18(32(35)36)8-12-22(21)37-3/h6-15,26H,5H2,1-4H3. The van der Waals surface area contributed by atoms with Crippen LogP contribution < -0.4 is 19.6 Å². The van der Waals surface area contributed by atoms with Crippen molar-refractivity contribution in [1.82, 2.24) is 4.57 Å². The SMILES string of the molecule is CCOC(=O)C1=C(C)N=c2sc(=Cc3ccc(-c4cc([N+](=O)[O-])ccc4OC)o3)c(=O)n2C1c1ccc(SC)cc1. The molecule has 10 nitrogen and oxygen atoms in total. The van der Waals surface area contributed by atoms with Crippen LogP contribution in [-0.2, 0) is 9.53 Å². The number of rotatable bonds is 8. The van der Waals surface area contributed by atoms with Crippen LogP contribution in [0.25, 0.3) is 17.4 Å². The number of nitro benzene ring substituents is 1. The minimum absolute atomic E-state index is 0.106. The lowest BCUT2D eigenvalue weighted by Gasteiger charge is -2.24. The zero-order chi connectivity index (χ0) is 29.3. The molecule has 0 radical (unpaired) electrons. The maximum Gasteiger partial charge on any atom is 0.338 e. The zero-order valence-corrected chi connectivity index (χ0v) is 24.2. The maximum atomic E-state index is 13.8. The molecule has 1 aliphatic heterocycles. The number of methoxy groups -OCH3 is 1. The van der Waals surface area contributed by atoms with E-state index in [0.29, 0.717) is 43.4 Å². The number of allylic oxidation sites excluding steroid dienone is 1. The van der Waals surface area contributed by atoms with E-state index in [1.165, 1.54) is 41.2 Å². The van der Waals surface area contributed by atoms with Gasteiger partial charge in [-0.15, -0.1) is 11.8 Å². The van der Waals surface area contributed by atoms with E-state index in [4.69, 9.17) is 13.9 Å². The van der Waals surface area contributed by atoms with Crippen molar-refractivity contribution >= 4 is 40.8 Å². The second kappa shape index (κ2) is 11.6. The van der Waals surface area contributed by atoms with Crippen molar-refractivity contribution in [2.75, 3.05) is 20.0 Å². The number of furan rings is 1. The first kappa shape index (κ1) is 28.1. The molecule has 0 saturated carbocycles. The number of thioether (sulfide) groups is 1. The zero-order valence-electron chi connectivity index (χ0n) is 22.6. The Bertz CT molecular complexity index is 1870. The summed E-state index contributed by atoms with van der Waals surface area (Å²) in [6, 6.07) is 14.5. The van der Waals surface area contributed by atoms with Crippen molar-refractivity contribution in [3.8, 4) is 17.1 Å². The highest BCUT2D eigenvalue weighted by Crippen LogP contribution is 2.35. The number of fused-ring (bicyclic) bond motifs is 1. The highest BCUT2D eigenvalue weighted by molar-refractivity contribution is 7.98. The van der Waals surface area contributed by atoms with Crippen LogP contribution in [0.15, 0.2) is 85.0 Å². The molecule has 0 saturated heterocycles. The van der Waals surface area contributed by atoms with Crippen LogP contribution in [0.5, 0.6) is 5.75 Å². The third-order valence-corrected chi connectivity index (χ3v) is 8.23. The molecule has 5 rings (SSSR count). The number of aromatic nitrogens is 1. The third-order valence-electron chi connectivity index (χ3n) is 6.51. The van der Waals surface area contributed by atoms with E-state index in [9.17, 15) is 19.7 Å². The molecule has 0 N–H and O–H groups in total. The molecular formula is C29H25N3O7S2. The molecule has 2 aromatic carbocycles. The molecule has 1 unspecified atom stereocenters. The van der Waals surface area contributed by atoms with Gasteiger partial charge in [-0.05, 0) is 56.0 Å². The molecule has 0 amide bonds. The molecule has 41 heavy (non-hydrogen) atoms. The number of nitrogens with zero attached hydrogens (tertiary/aromatic N) is 3. The first-order valence-electron chi connectivity index (χ1n) is 12.5. The summed E-state index contributed by atoms with van der Waals surface area (Å²) in [7, 11) is 1.47. The monoisotopic (exact) mass is 591 g/mol. The number of thiazole rings is 1. The van der Waals surface area contributed by atoms with Gasteiger partial charge in [0.25, 0.3) is 11.2 Å². The van der Waals surface area contributed by atoms with Crippen LogP contribution in [0, 0.1) is 10.1 Å². The average molecular weight is 592 g/mol. The number of carbonyl (C=O) groups is 1. The Morgan fingerprint density at radius 1 is 1.22 bits per heavy atom. The predicted octanol–water partition coefficient (Wildman–Crippen LogP) is 4.70. The van der Waals surface area contributed by atoms with E-state index < -0.39 is 16.9 Å². The molecule has 0 aliphatic carbocycles. The van der Waals surface area contributed by atoms with Crippen LogP contribution >= 0.6 is 23.1 Å². The number of non-ortho nitro benzene ring substituents is 1. The van der Waals surface area contributed by atoms with E-state index in [1.54, 1.807) is 43.8 Å². The van der Waals surface area contributed by atoms with Gasteiger partial charge in [-0.2, -0.15) is 0 Å². The summed E-state index contributed by atoms with van der Waals surface area (Å²) >= 11 is 2.77. The van der Waals surface area contributed by atoms with Gasteiger partial charge in [0.1, 0.15) is 17.3 Å². The second-order valence-corrected chi connectivity index (χ2v) is 10.8. The van der Waals surface area contributed by atoms with Gasteiger partial charge >= 0.3 is 5.97 Å². The molecule has 1 atom stereocenters. The second-order valence-electron chi connectivity index (χ2n) is 8.92. The highest BCUT2D eigenvalue weighted by Gasteiger charge is 2.33. The van der Waals surface area contributed by atoms with E-state index in [-0.39, 0.29) is 17.9 Å². The average Bonchev–Trinajstić information content (AvgIpc) is 3.56. The summed E-state index contributed by atoms with van der Waals surface area (Å²) in [6.07, 6.45) is 3.57. The molecule has 12 heteroatoms. The molecule has 210 valence electrons. The number of esters is 1. The Balaban J connectivity index is 1.62. The van der Waals surface area contributed by atoms with Crippen molar-refractivity contribution in [1.29, 1.82) is 0 Å². The van der Waals surface area contributed by atoms with E-state index >= 15 is 0 Å². The Morgan fingerprint density at radius 2 is 1.98 bits per heavy atom. The predicted molar refractivity (Wildman–Crippen MR) is 156 cm³/mol. The minimum Gasteiger partial charge on any atom is -0.496 e. The Morgan fingerprint density at radius 3 is 2.63 bits per heavy atom. The van der Waals surface area contributed by atoms with E-state index in [1.807, 2.05) is 30.5 Å². The number of carbonyl (C=O) groups excluding carboxylic acids is 1. The summed E-state index contributed by atoms with van der Waals surface area (Å²) in [5, 5.41) is 11.3. The van der Waals surface area contributed by atoms with Gasteiger partial charge in [-0.1, -0.05) is 23.5 Å². The van der Waals surface area contributed by atoms with Crippen molar-refractivity contribution in [3.05, 3.63) is 107 Å². The van der Waals surface area contributed by atoms with Gasteiger partial charge in [0.15, 0.2) is 4.80 Å². The molecule has 0 bridgehead atoms. The molecule has 4 aromatic rings. The van der Waals surface area contributed by atoms with Crippen molar-refractivity contribution in [2.45, 2.75) is 24.8 Å². The fourth-order valence-corrected chi connectivity index (χ4v) is 6.03. The van der Waals surface area contributed by atoms with Crippen LogP contribution in [0.2, 0.25) is 0 Å². The molecular weight excluding hydrogens is 566 g/mol. The van der Waals surface area contributed by atoms with Gasteiger partial charge in [-0.3, -0.25) is 19.5 Å². The molecule has 0 fully saturated rings. The molecule has 3 heterocycles. The number of nitro groups is 1. The molecule has 2 aromatic heterocycles. The Kier molecular flexibility index (Phi) is 7.95. The highest BCUT2D eigenvalue weighted by atomic mass is 32.2. The maximum absolute atomic E-state index is 13.8. The number of hydrogen-bond donors (Lipinski definition) is 0. The largest absolute Gasteiger partial charge is 0.496 e. The van der Waals surface area contributed by atoms with Crippen molar-refractivity contribution in [3.63, 3.8) is 0 Å².